The first kappa shape index (κ1) is 15.7. The van der Waals surface area contributed by atoms with E-state index in [1.54, 1.807) is 45.6 Å². The summed E-state index contributed by atoms with van der Waals surface area (Å²) in [6.45, 7) is 0.318. The third-order valence-electron chi connectivity index (χ3n) is 3.31. The molecule has 5 heteroatoms. The average Bonchev–Trinajstić information content (AvgIpc) is 2.59. The lowest BCUT2D eigenvalue weighted by Gasteiger charge is -2.13. The number of rotatable bonds is 6. The third-order valence-corrected chi connectivity index (χ3v) is 3.31. The van der Waals surface area contributed by atoms with Crippen LogP contribution in [0, 0.1) is 0 Å². The van der Waals surface area contributed by atoms with Crippen molar-refractivity contribution in [3.63, 3.8) is 0 Å². The lowest BCUT2D eigenvalue weighted by molar-refractivity contribution is 0.0950. The van der Waals surface area contributed by atoms with E-state index >= 15 is 0 Å². The van der Waals surface area contributed by atoms with E-state index in [9.17, 15) is 4.79 Å². The minimum absolute atomic E-state index is 0.171. The summed E-state index contributed by atoms with van der Waals surface area (Å²) in [7, 11) is 4.76. The van der Waals surface area contributed by atoms with Gasteiger partial charge in [-0.05, 0) is 36.4 Å². The van der Waals surface area contributed by atoms with Crippen LogP contribution in [-0.2, 0) is 6.54 Å². The van der Waals surface area contributed by atoms with Gasteiger partial charge in [0.25, 0.3) is 5.91 Å². The summed E-state index contributed by atoms with van der Waals surface area (Å²) in [6, 6.07) is 12.4. The van der Waals surface area contributed by atoms with Crippen molar-refractivity contribution < 1.29 is 19.0 Å². The van der Waals surface area contributed by atoms with Gasteiger partial charge in [0.05, 0.1) is 33.4 Å². The SMILES string of the molecule is COc1ccc(C(=O)NCc2c(OC)cccc2OC)cc1. The summed E-state index contributed by atoms with van der Waals surface area (Å²) in [5, 5.41) is 2.86. The molecule has 0 radical (unpaired) electrons. The van der Waals surface area contributed by atoms with Crippen LogP contribution in [0.4, 0.5) is 0 Å². The molecule has 116 valence electrons. The third kappa shape index (κ3) is 3.49. The highest BCUT2D eigenvalue weighted by atomic mass is 16.5. The van der Waals surface area contributed by atoms with Crippen LogP contribution in [0.25, 0.3) is 0 Å². The summed E-state index contributed by atoms with van der Waals surface area (Å²) in [6.07, 6.45) is 0. The largest absolute Gasteiger partial charge is 0.497 e. The minimum atomic E-state index is -0.171. The van der Waals surface area contributed by atoms with Crippen molar-refractivity contribution in [1.29, 1.82) is 0 Å². The lowest BCUT2D eigenvalue weighted by Crippen LogP contribution is -2.23. The zero-order valence-electron chi connectivity index (χ0n) is 12.9. The second-order valence-electron chi connectivity index (χ2n) is 4.55. The number of benzene rings is 2. The minimum Gasteiger partial charge on any atom is -0.497 e. The summed E-state index contributed by atoms with van der Waals surface area (Å²) in [5.41, 5.74) is 1.36. The number of hydrogen-bond donors (Lipinski definition) is 1. The Labute approximate surface area is 129 Å². The quantitative estimate of drug-likeness (QED) is 0.891. The Morgan fingerprint density at radius 1 is 0.909 bits per heavy atom. The van der Waals surface area contributed by atoms with Crippen LogP contribution in [0.15, 0.2) is 42.5 Å². The number of ether oxygens (including phenoxy) is 3. The molecule has 2 aromatic carbocycles. The molecule has 0 aliphatic carbocycles. The fourth-order valence-electron chi connectivity index (χ4n) is 2.12. The van der Waals surface area contributed by atoms with Gasteiger partial charge in [-0.25, -0.2) is 0 Å². The van der Waals surface area contributed by atoms with E-state index in [0.29, 0.717) is 29.4 Å². The number of methoxy groups -OCH3 is 3. The highest BCUT2D eigenvalue weighted by Crippen LogP contribution is 2.28. The molecule has 0 aliphatic rings. The maximum absolute atomic E-state index is 12.2. The predicted molar refractivity (Wildman–Crippen MR) is 83.7 cm³/mol. The monoisotopic (exact) mass is 301 g/mol. The van der Waals surface area contributed by atoms with Crippen molar-refractivity contribution in [3.05, 3.63) is 53.6 Å². The van der Waals surface area contributed by atoms with Crippen LogP contribution in [0.2, 0.25) is 0 Å². The zero-order chi connectivity index (χ0) is 15.9. The van der Waals surface area contributed by atoms with E-state index in [2.05, 4.69) is 5.32 Å². The van der Waals surface area contributed by atoms with Gasteiger partial charge in [0.1, 0.15) is 17.2 Å². The predicted octanol–water partition coefficient (Wildman–Crippen LogP) is 2.64. The van der Waals surface area contributed by atoms with Crippen molar-refractivity contribution in [2.45, 2.75) is 6.54 Å². The second-order valence-corrected chi connectivity index (χ2v) is 4.55. The fraction of sp³-hybridized carbons (Fsp3) is 0.235. The molecule has 1 N–H and O–H groups in total. The van der Waals surface area contributed by atoms with Crippen LogP contribution in [0.1, 0.15) is 15.9 Å². The summed E-state index contributed by atoms with van der Waals surface area (Å²) in [4.78, 5) is 12.2. The van der Waals surface area contributed by atoms with Crippen LogP contribution in [0.5, 0.6) is 17.2 Å². The highest BCUT2D eigenvalue weighted by Gasteiger charge is 2.12. The van der Waals surface area contributed by atoms with Crippen LogP contribution >= 0.6 is 0 Å². The number of carbonyl (C=O) groups excluding carboxylic acids is 1. The molecule has 0 bridgehead atoms. The Hall–Kier alpha value is -2.69. The van der Waals surface area contributed by atoms with Gasteiger partial charge in [-0.3, -0.25) is 4.79 Å². The second kappa shape index (κ2) is 7.36. The normalized spacial score (nSPS) is 9.95. The molecule has 0 heterocycles. The van der Waals surface area contributed by atoms with E-state index in [1.165, 1.54) is 0 Å². The van der Waals surface area contributed by atoms with E-state index in [4.69, 9.17) is 14.2 Å². The van der Waals surface area contributed by atoms with Crippen LogP contribution in [0.3, 0.4) is 0 Å². The molecule has 2 aromatic rings. The van der Waals surface area contributed by atoms with E-state index in [0.717, 1.165) is 5.56 Å². The average molecular weight is 301 g/mol. The molecule has 5 nitrogen and oxygen atoms in total. The first-order valence-electron chi connectivity index (χ1n) is 6.81. The van der Waals surface area contributed by atoms with E-state index in [-0.39, 0.29) is 5.91 Å². The molecule has 0 unspecified atom stereocenters. The molecule has 0 aromatic heterocycles. The van der Waals surface area contributed by atoms with Gasteiger partial charge in [0.15, 0.2) is 0 Å². The summed E-state index contributed by atoms with van der Waals surface area (Å²) < 4.78 is 15.7. The van der Waals surface area contributed by atoms with Gasteiger partial charge in [0, 0.05) is 5.56 Å². The molecule has 0 fully saturated rings. The molecule has 0 spiro atoms. The smallest absolute Gasteiger partial charge is 0.251 e. The van der Waals surface area contributed by atoms with Crippen molar-refractivity contribution in [1.82, 2.24) is 5.32 Å². The van der Waals surface area contributed by atoms with Crippen LogP contribution in [-0.4, -0.2) is 27.2 Å². The molecule has 22 heavy (non-hydrogen) atoms. The maximum atomic E-state index is 12.2. The molecule has 0 saturated carbocycles. The molecule has 0 aliphatic heterocycles. The maximum Gasteiger partial charge on any atom is 0.251 e. The Balaban J connectivity index is 2.10. The number of nitrogens with one attached hydrogen (secondary N) is 1. The fourth-order valence-corrected chi connectivity index (χ4v) is 2.12. The first-order chi connectivity index (χ1) is 10.7. The lowest BCUT2D eigenvalue weighted by atomic mass is 10.1. The number of amides is 1. The molecule has 0 saturated heterocycles. The van der Waals surface area contributed by atoms with Gasteiger partial charge in [0.2, 0.25) is 0 Å². The molecule has 2 rings (SSSR count). The molecular weight excluding hydrogens is 282 g/mol. The van der Waals surface area contributed by atoms with Gasteiger partial charge < -0.3 is 19.5 Å². The summed E-state index contributed by atoms with van der Waals surface area (Å²) in [5.74, 6) is 1.89. The van der Waals surface area contributed by atoms with Crippen molar-refractivity contribution in [2.24, 2.45) is 0 Å². The summed E-state index contributed by atoms with van der Waals surface area (Å²) >= 11 is 0. The van der Waals surface area contributed by atoms with Gasteiger partial charge in [-0.15, -0.1) is 0 Å². The highest BCUT2D eigenvalue weighted by molar-refractivity contribution is 5.94. The Bertz CT molecular complexity index is 615. The van der Waals surface area contributed by atoms with E-state index in [1.807, 2.05) is 18.2 Å². The molecular formula is C17H19NO4. The first-order valence-corrected chi connectivity index (χ1v) is 6.81. The Morgan fingerprint density at radius 3 is 2.00 bits per heavy atom. The van der Waals surface area contributed by atoms with Crippen LogP contribution < -0.4 is 19.5 Å². The number of carbonyl (C=O) groups is 1. The zero-order valence-corrected chi connectivity index (χ0v) is 12.9. The van der Waals surface area contributed by atoms with Gasteiger partial charge in [-0.1, -0.05) is 6.07 Å². The molecule has 1 amide bonds. The van der Waals surface area contributed by atoms with Crippen molar-refractivity contribution >= 4 is 5.91 Å². The van der Waals surface area contributed by atoms with Gasteiger partial charge >= 0.3 is 0 Å². The molecule has 0 atom stereocenters. The number of hydrogen-bond acceptors (Lipinski definition) is 4. The van der Waals surface area contributed by atoms with Crippen molar-refractivity contribution in [3.8, 4) is 17.2 Å². The van der Waals surface area contributed by atoms with Gasteiger partial charge in [-0.2, -0.15) is 0 Å². The topological polar surface area (TPSA) is 56.8 Å². The van der Waals surface area contributed by atoms with E-state index < -0.39 is 0 Å². The van der Waals surface area contributed by atoms with Crippen molar-refractivity contribution in [2.75, 3.05) is 21.3 Å². The Morgan fingerprint density at radius 2 is 1.50 bits per heavy atom. The Kier molecular flexibility index (Phi) is 5.25. The standard InChI is InChI=1S/C17H19NO4/c1-20-13-9-7-12(8-10-13)17(19)18-11-14-15(21-2)5-4-6-16(14)22-3/h4-10H,11H2,1-3H3,(H,18,19).